The van der Waals surface area contributed by atoms with Crippen molar-refractivity contribution in [1.82, 2.24) is 4.90 Å². The van der Waals surface area contributed by atoms with Crippen LogP contribution in [0.2, 0.25) is 0 Å². The maximum atomic E-state index is 13.4. The minimum absolute atomic E-state index is 0.177. The Bertz CT molecular complexity index is 936. The molecule has 7 heteroatoms. The van der Waals surface area contributed by atoms with Crippen LogP contribution >= 0.6 is 0 Å². The molecule has 1 unspecified atom stereocenters. The minimum Gasteiger partial charge on any atom is -0.497 e. The van der Waals surface area contributed by atoms with Crippen molar-refractivity contribution in [3.63, 3.8) is 0 Å². The first kappa shape index (κ1) is 21.4. The second kappa shape index (κ2) is 9.14. The highest BCUT2D eigenvalue weighted by Gasteiger charge is 2.43. The summed E-state index contributed by atoms with van der Waals surface area (Å²) in [5.41, 5.74) is 1.24. The summed E-state index contributed by atoms with van der Waals surface area (Å²) in [7, 11) is 1.57. The van der Waals surface area contributed by atoms with E-state index in [-0.39, 0.29) is 18.2 Å². The molecule has 164 valence electrons. The standard InChI is InChI=1S/C24H26F2N2O3/c1-31-21-6-4-20(5-7-21)28-23(29)15-22(24(28)30)27-10-8-16(9-11-27)2-3-17-12-18(25)14-19(26)13-17/h4-7,12-14,16,22H,2-3,8-11,15H2,1H3. The maximum absolute atomic E-state index is 13.4. The van der Waals surface area contributed by atoms with Gasteiger partial charge in [-0.25, -0.2) is 13.7 Å². The predicted octanol–water partition coefficient (Wildman–Crippen LogP) is 3.95. The number of amides is 2. The van der Waals surface area contributed by atoms with Crippen LogP contribution in [0, 0.1) is 17.6 Å². The summed E-state index contributed by atoms with van der Waals surface area (Å²) in [6, 6.07) is 10.1. The zero-order valence-corrected chi connectivity index (χ0v) is 17.5. The summed E-state index contributed by atoms with van der Waals surface area (Å²) in [6.07, 6.45) is 3.48. The molecule has 2 amide bonds. The van der Waals surface area contributed by atoms with Crippen molar-refractivity contribution in [1.29, 1.82) is 0 Å². The van der Waals surface area contributed by atoms with Gasteiger partial charge in [-0.3, -0.25) is 14.5 Å². The SMILES string of the molecule is COc1ccc(N2C(=O)CC(N3CCC(CCc4cc(F)cc(F)c4)CC3)C2=O)cc1. The molecule has 2 aliphatic heterocycles. The lowest BCUT2D eigenvalue weighted by atomic mass is 9.90. The predicted molar refractivity (Wildman–Crippen MR) is 113 cm³/mol. The highest BCUT2D eigenvalue weighted by atomic mass is 19.1. The Morgan fingerprint density at radius 3 is 2.26 bits per heavy atom. The van der Waals surface area contributed by atoms with Crippen LogP contribution in [0.25, 0.3) is 0 Å². The van der Waals surface area contributed by atoms with Crippen molar-refractivity contribution >= 4 is 17.5 Å². The van der Waals surface area contributed by atoms with Gasteiger partial charge in [0.1, 0.15) is 17.4 Å². The van der Waals surface area contributed by atoms with Crippen LogP contribution in [0.5, 0.6) is 5.75 Å². The van der Waals surface area contributed by atoms with Gasteiger partial charge >= 0.3 is 0 Å². The minimum atomic E-state index is -0.546. The van der Waals surface area contributed by atoms with Gasteiger partial charge in [-0.05, 0) is 86.7 Å². The normalized spacial score (nSPS) is 20.5. The molecule has 0 aliphatic carbocycles. The van der Waals surface area contributed by atoms with Gasteiger partial charge in [0.25, 0.3) is 5.91 Å². The quantitative estimate of drug-likeness (QED) is 0.654. The number of imide groups is 1. The second-order valence-electron chi connectivity index (χ2n) is 8.28. The Morgan fingerprint density at radius 1 is 1.00 bits per heavy atom. The van der Waals surface area contributed by atoms with E-state index >= 15 is 0 Å². The van der Waals surface area contributed by atoms with E-state index in [1.165, 1.54) is 17.0 Å². The van der Waals surface area contributed by atoms with Crippen LogP contribution in [0.15, 0.2) is 42.5 Å². The van der Waals surface area contributed by atoms with Gasteiger partial charge in [0, 0.05) is 6.07 Å². The molecule has 2 fully saturated rings. The molecule has 4 rings (SSSR count). The van der Waals surface area contributed by atoms with Gasteiger partial charge in [-0.1, -0.05) is 0 Å². The number of halogens is 2. The van der Waals surface area contributed by atoms with Gasteiger partial charge in [0.2, 0.25) is 5.91 Å². The highest BCUT2D eigenvalue weighted by Crippen LogP contribution is 2.30. The lowest BCUT2D eigenvalue weighted by Gasteiger charge is -2.34. The molecule has 5 nitrogen and oxygen atoms in total. The van der Waals surface area contributed by atoms with E-state index in [1.807, 2.05) is 0 Å². The number of hydrogen-bond donors (Lipinski definition) is 0. The molecule has 0 aromatic heterocycles. The number of nitrogens with zero attached hydrogens (tertiary/aromatic N) is 2. The first-order chi connectivity index (χ1) is 14.9. The van der Waals surface area contributed by atoms with E-state index in [0.717, 1.165) is 38.4 Å². The van der Waals surface area contributed by atoms with Crippen LogP contribution < -0.4 is 9.64 Å². The smallest absolute Gasteiger partial charge is 0.251 e. The number of aryl methyl sites for hydroxylation is 1. The summed E-state index contributed by atoms with van der Waals surface area (Å²) >= 11 is 0. The Hall–Kier alpha value is -2.80. The van der Waals surface area contributed by atoms with Crippen LogP contribution in [0.3, 0.4) is 0 Å². The number of carbonyl (C=O) groups is 2. The number of methoxy groups -OCH3 is 1. The maximum Gasteiger partial charge on any atom is 0.251 e. The number of piperidine rings is 1. The van der Waals surface area contributed by atoms with Crippen LogP contribution in [-0.2, 0) is 16.0 Å². The fourth-order valence-corrected chi connectivity index (χ4v) is 4.58. The molecule has 0 saturated carbocycles. The van der Waals surface area contributed by atoms with Crippen molar-refractivity contribution in [2.45, 2.75) is 38.1 Å². The number of hydrogen-bond acceptors (Lipinski definition) is 4. The molecular formula is C24H26F2N2O3. The van der Waals surface area contributed by atoms with Gasteiger partial charge in [0.05, 0.1) is 25.3 Å². The molecule has 2 saturated heterocycles. The zero-order valence-electron chi connectivity index (χ0n) is 17.5. The number of benzene rings is 2. The van der Waals surface area contributed by atoms with E-state index in [1.54, 1.807) is 31.4 Å². The van der Waals surface area contributed by atoms with Crippen molar-refractivity contribution < 1.29 is 23.1 Å². The molecule has 2 aromatic rings. The summed E-state index contributed by atoms with van der Waals surface area (Å²) in [5, 5.41) is 0. The third-order valence-electron chi connectivity index (χ3n) is 6.31. The molecule has 2 aromatic carbocycles. The molecule has 2 aliphatic rings. The summed E-state index contributed by atoms with van der Waals surface area (Å²) in [4.78, 5) is 28.9. The van der Waals surface area contributed by atoms with Gasteiger partial charge in [-0.2, -0.15) is 0 Å². The molecule has 0 bridgehead atoms. The number of likely N-dealkylation sites (tertiary alicyclic amines) is 1. The Labute approximate surface area is 180 Å². The molecule has 0 spiro atoms. The van der Waals surface area contributed by atoms with E-state index in [9.17, 15) is 18.4 Å². The average molecular weight is 428 g/mol. The average Bonchev–Trinajstić information content (AvgIpc) is 3.06. The number of carbonyl (C=O) groups excluding carboxylic acids is 2. The first-order valence-corrected chi connectivity index (χ1v) is 10.6. The topological polar surface area (TPSA) is 49.9 Å². The molecule has 0 N–H and O–H groups in total. The van der Waals surface area contributed by atoms with Gasteiger partial charge in [0.15, 0.2) is 0 Å². The molecule has 31 heavy (non-hydrogen) atoms. The number of rotatable bonds is 6. The van der Waals surface area contributed by atoms with Crippen LogP contribution in [0.4, 0.5) is 14.5 Å². The number of anilines is 1. The third kappa shape index (κ3) is 4.77. The monoisotopic (exact) mass is 428 g/mol. The van der Waals surface area contributed by atoms with E-state index in [2.05, 4.69) is 4.90 Å². The van der Waals surface area contributed by atoms with E-state index in [0.29, 0.717) is 29.3 Å². The molecule has 2 heterocycles. The zero-order chi connectivity index (χ0) is 22.0. The van der Waals surface area contributed by atoms with E-state index < -0.39 is 17.7 Å². The third-order valence-corrected chi connectivity index (χ3v) is 6.31. The van der Waals surface area contributed by atoms with Gasteiger partial charge in [-0.15, -0.1) is 0 Å². The molecular weight excluding hydrogens is 402 g/mol. The summed E-state index contributed by atoms with van der Waals surface area (Å²) < 4.78 is 31.9. The molecule has 1 atom stereocenters. The van der Waals surface area contributed by atoms with Crippen LogP contribution in [0.1, 0.15) is 31.2 Å². The summed E-state index contributed by atoms with van der Waals surface area (Å²) in [6.45, 7) is 1.48. The largest absolute Gasteiger partial charge is 0.497 e. The van der Waals surface area contributed by atoms with Crippen molar-refractivity contribution in [3.05, 3.63) is 59.7 Å². The van der Waals surface area contributed by atoms with Crippen molar-refractivity contribution in [3.8, 4) is 5.75 Å². The first-order valence-electron chi connectivity index (χ1n) is 10.6. The van der Waals surface area contributed by atoms with Crippen LogP contribution in [-0.4, -0.2) is 43.0 Å². The second-order valence-corrected chi connectivity index (χ2v) is 8.28. The van der Waals surface area contributed by atoms with Crippen molar-refractivity contribution in [2.75, 3.05) is 25.1 Å². The fraction of sp³-hybridized carbons (Fsp3) is 0.417. The lowest BCUT2D eigenvalue weighted by molar-refractivity contribution is -0.123. The highest BCUT2D eigenvalue weighted by molar-refractivity contribution is 6.22. The number of ether oxygens (including phenoxy) is 1. The Kier molecular flexibility index (Phi) is 6.32. The summed E-state index contributed by atoms with van der Waals surface area (Å²) in [5.74, 6) is -0.347. The van der Waals surface area contributed by atoms with Gasteiger partial charge < -0.3 is 4.74 Å². The van der Waals surface area contributed by atoms with E-state index in [4.69, 9.17) is 4.74 Å². The lowest BCUT2D eigenvalue weighted by Crippen LogP contribution is -2.46. The Balaban J connectivity index is 1.32. The van der Waals surface area contributed by atoms with Crippen molar-refractivity contribution in [2.24, 2.45) is 5.92 Å². The fourth-order valence-electron chi connectivity index (χ4n) is 4.58. The molecule has 0 radical (unpaired) electrons. The Morgan fingerprint density at radius 2 is 1.65 bits per heavy atom.